The second-order valence-corrected chi connectivity index (χ2v) is 3.61. The Hall–Kier alpha value is -1.09. The summed E-state index contributed by atoms with van der Waals surface area (Å²) in [5.41, 5.74) is 1.19. The fourth-order valence-corrected chi connectivity index (χ4v) is 1.21. The quantitative estimate of drug-likeness (QED) is 0.699. The maximum atomic E-state index is 5.38. The number of nitrogens with zero attached hydrogens (tertiary/aromatic N) is 1. The lowest BCUT2D eigenvalue weighted by atomic mass is 10.3. The van der Waals surface area contributed by atoms with Crippen LogP contribution in [0.15, 0.2) is 18.3 Å². The zero-order chi connectivity index (χ0) is 10.9. The molecule has 1 aromatic heterocycles. The van der Waals surface area contributed by atoms with Crippen molar-refractivity contribution in [3.8, 4) is 0 Å². The molecule has 0 saturated heterocycles. The first-order chi connectivity index (χ1) is 7.33. The van der Waals surface area contributed by atoms with Crippen molar-refractivity contribution in [3.05, 3.63) is 23.9 Å². The summed E-state index contributed by atoms with van der Waals surface area (Å²) in [6, 6.07) is 4.06. The van der Waals surface area contributed by atoms with Gasteiger partial charge in [0, 0.05) is 26.0 Å². The minimum absolute atomic E-state index is 0.826. The first kappa shape index (κ1) is 12.0. The number of aromatic nitrogens is 1. The summed E-state index contributed by atoms with van der Waals surface area (Å²) in [5.74, 6) is 0.941. The largest absolute Gasteiger partial charge is 0.381 e. The van der Waals surface area contributed by atoms with Crippen molar-refractivity contribution in [3.63, 3.8) is 0 Å². The molecule has 1 N–H and O–H groups in total. The monoisotopic (exact) mass is 208 g/mol. The number of hydrogen-bond acceptors (Lipinski definition) is 3. The molecule has 3 heteroatoms. The number of rotatable bonds is 7. The summed E-state index contributed by atoms with van der Waals surface area (Å²) in [7, 11) is 0. The van der Waals surface area contributed by atoms with Crippen LogP contribution in [0.3, 0.4) is 0 Å². The third kappa shape index (κ3) is 5.37. The van der Waals surface area contributed by atoms with Gasteiger partial charge < -0.3 is 10.1 Å². The summed E-state index contributed by atoms with van der Waals surface area (Å²) in [4.78, 5) is 4.26. The maximum absolute atomic E-state index is 5.38. The molecule has 0 spiro atoms. The Balaban J connectivity index is 2.07. The van der Waals surface area contributed by atoms with E-state index < -0.39 is 0 Å². The summed E-state index contributed by atoms with van der Waals surface area (Å²) in [6.07, 6.45) is 3.98. The van der Waals surface area contributed by atoms with E-state index in [9.17, 15) is 0 Å². The molecule has 84 valence electrons. The van der Waals surface area contributed by atoms with Crippen LogP contribution in [0.1, 0.15) is 25.3 Å². The highest BCUT2D eigenvalue weighted by molar-refractivity contribution is 5.34. The summed E-state index contributed by atoms with van der Waals surface area (Å²) in [6.45, 7) is 6.76. The molecule has 1 rings (SSSR count). The van der Waals surface area contributed by atoms with Gasteiger partial charge in [0.2, 0.25) is 0 Å². The first-order valence-corrected chi connectivity index (χ1v) is 5.57. The van der Waals surface area contributed by atoms with E-state index in [1.165, 1.54) is 5.56 Å². The molecule has 0 amide bonds. The Kier molecular flexibility index (Phi) is 5.78. The molecule has 0 atom stereocenters. The Morgan fingerprint density at radius 3 is 2.87 bits per heavy atom. The molecule has 0 unspecified atom stereocenters. The highest BCUT2D eigenvalue weighted by Gasteiger charge is 1.92. The predicted octanol–water partition coefficient (Wildman–Crippen LogP) is 2.62. The number of nitrogens with one attached hydrogen (secondary N) is 1. The van der Waals surface area contributed by atoms with Gasteiger partial charge in [0.05, 0.1) is 0 Å². The van der Waals surface area contributed by atoms with E-state index in [2.05, 4.69) is 23.3 Å². The Morgan fingerprint density at radius 1 is 1.33 bits per heavy atom. The van der Waals surface area contributed by atoms with Crippen molar-refractivity contribution in [1.82, 2.24) is 4.98 Å². The summed E-state index contributed by atoms with van der Waals surface area (Å²) >= 11 is 0. The molecule has 15 heavy (non-hydrogen) atoms. The van der Waals surface area contributed by atoms with Gasteiger partial charge in [0.1, 0.15) is 5.82 Å². The summed E-state index contributed by atoms with van der Waals surface area (Å²) in [5, 5.41) is 3.26. The molecule has 0 aromatic carbocycles. The third-order valence-corrected chi connectivity index (χ3v) is 2.03. The molecule has 0 saturated carbocycles. The molecule has 0 radical (unpaired) electrons. The van der Waals surface area contributed by atoms with Crippen molar-refractivity contribution in [1.29, 1.82) is 0 Å². The van der Waals surface area contributed by atoms with Crippen molar-refractivity contribution in [2.24, 2.45) is 0 Å². The van der Waals surface area contributed by atoms with Crippen LogP contribution < -0.4 is 5.32 Å². The van der Waals surface area contributed by atoms with E-state index >= 15 is 0 Å². The van der Waals surface area contributed by atoms with E-state index in [0.29, 0.717) is 0 Å². The van der Waals surface area contributed by atoms with Gasteiger partial charge in [0.25, 0.3) is 0 Å². The zero-order valence-electron chi connectivity index (χ0n) is 9.62. The molecular formula is C12H20N2O. The van der Waals surface area contributed by atoms with Crippen LogP contribution in [0.4, 0.5) is 5.82 Å². The van der Waals surface area contributed by atoms with E-state index in [-0.39, 0.29) is 0 Å². The number of aryl methyl sites for hydroxylation is 1. The van der Waals surface area contributed by atoms with Crippen LogP contribution in [0.5, 0.6) is 0 Å². The average molecular weight is 208 g/mol. The van der Waals surface area contributed by atoms with Crippen LogP contribution in [0.25, 0.3) is 0 Å². The molecule has 1 aromatic rings. The van der Waals surface area contributed by atoms with Crippen LogP contribution in [-0.2, 0) is 4.74 Å². The highest BCUT2D eigenvalue weighted by Crippen LogP contribution is 2.03. The molecule has 0 aliphatic carbocycles. The predicted molar refractivity (Wildman–Crippen MR) is 63.2 cm³/mol. The SMILES string of the molecule is CCCOCCCNc1ccc(C)cn1. The van der Waals surface area contributed by atoms with Gasteiger partial charge in [-0.25, -0.2) is 4.98 Å². The summed E-state index contributed by atoms with van der Waals surface area (Å²) < 4.78 is 5.38. The Labute approximate surface area is 91.9 Å². The topological polar surface area (TPSA) is 34.1 Å². The van der Waals surface area contributed by atoms with Crippen LogP contribution in [0.2, 0.25) is 0 Å². The fraction of sp³-hybridized carbons (Fsp3) is 0.583. The van der Waals surface area contributed by atoms with E-state index in [4.69, 9.17) is 4.74 Å². The van der Waals surface area contributed by atoms with Gasteiger partial charge in [-0.1, -0.05) is 13.0 Å². The molecule has 0 fully saturated rings. The van der Waals surface area contributed by atoms with E-state index in [1.807, 2.05) is 19.2 Å². The number of hydrogen-bond donors (Lipinski definition) is 1. The smallest absolute Gasteiger partial charge is 0.125 e. The second kappa shape index (κ2) is 7.23. The molecule has 0 aliphatic rings. The van der Waals surface area contributed by atoms with E-state index in [0.717, 1.165) is 38.4 Å². The second-order valence-electron chi connectivity index (χ2n) is 3.61. The molecule has 0 aliphatic heterocycles. The van der Waals surface area contributed by atoms with E-state index in [1.54, 1.807) is 0 Å². The minimum Gasteiger partial charge on any atom is -0.381 e. The van der Waals surface area contributed by atoms with Crippen LogP contribution in [0, 0.1) is 6.92 Å². The molecule has 3 nitrogen and oxygen atoms in total. The maximum Gasteiger partial charge on any atom is 0.125 e. The highest BCUT2D eigenvalue weighted by atomic mass is 16.5. The van der Waals surface area contributed by atoms with Crippen molar-refractivity contribution >= 4 is 5.82 Å². The number of pyridine rings is 1. The van der Waals surface area contributed by atoms with Crippen molar-refractivity contribution in [2.75, 3.05) is 25.1 Å². The van der Waals surface area contributed by atoms with Gasteiger partial charge >= 0.3 is 0 Å². The van der Waals surface area contributed by atoms with Crippen molar-refractivity contribution in [2.45, 2.75) is 26.7 Å². The van der Waals surface area contributed by atoms with Gasteiger partial charge in [-0.15, -0.1) is 0 Å². The van der Waals surface area contributed by atoms with Gasteiger partial charge in [-0.2, -0.15) is 0 Å². The van der Waals surface area contributed by atoms with Gasteiger partial charge in [-0.3, -0.25) is 0 Å². The van der Waals surface area contributed by atoms with Crippen LogP contribution in [-0.4, -0.2) is 24.7 Å². The normalized spacial score (nSPS) is 10.3. The van der Waals surface area contributed by atoms with Gasteiger partial charge in [0.15, 0.2) is 0 Å². The fourth-order valence-electron chi connectivity index (χ4n) is 1.21. The zero-order valence-corrected chi connectivity index (χ0v) is 9.62. The number of anilines is 1. The van der Waals surface area contributed by atoms with Crippen molar-refractivity contribution < 1.29 is 4.74 Å². The standard InChI is InChI=1S/C12H20N2O/c1-3-8-15-9-4-7-13-12-6-5-11(2)10-14-12/h5-6,10H,3-4,7-9H2,1-2H3,(H,13,14). The van der Waals surface area contributed by atoms with Crippen LogP contribution >= 0.6 is 0 Å². The third-order valence-electron chi connectivity index (χ3n) is 2.03. The Bertz CT molecular complexity index is 259. The lowest BCUT2D eigenvalue weighted by molar-refractivity contribution is 0.134. The lowest BCUT2D eigenvalue weighted by Crippen LogP contribution is -2.07. The molecule has 1 heterocycles. The minimum atomic E-state index is 0.826. The number of ether oxygens (including phenoxy) is 1. The van der Waals surface area contributed by atoms with Gasteiger partial charge in [-0.05, 0) is 31.4 Å². The Morgan fingerprint density at radius 2 is 2.20 bits per heavy atom. The molecule has 0 bridgehead atoms. The molecular weight excluding hydrogens is 188 g/mol. The first-order valence-electron chi connectivity index (χ1n) is 5.57. The average Bonchev–Trinajstić information content (AvgIpc) is 2.26. The lowest BCUT2D eigenvalue weighted by Gasteiger charge is -2.05.